The van der Waals surface area contributed by atoms with E-state index < -0.39 is 12.1 Å². The highest BCUT2D eigenvalue weighted by molar-refractivity contribution is 5.86. The van der Waals surface area contributed by atoms with Crippen LogP contribution in [-0.2, 0) is 4.74 Å². The lowest BCUT2D eigenvalue weighted by atomic mass is 10.2. The maximum Gasteiger partial charge on any atom is 0.356 e. The van der Waals surface area contributed by atoms with E-state index in [0.717, 1.165) is 0 Å². The number of aromatic nitrogens is 3. The number of carboxylic acids is 1. The van der Waals surface area contributed by atoms with E-state index >= 15 is 0 Å². The van der Waals surface area contributed by atoms with Gasteiger partial charge in [-0.1, -0.05) is 6.07 Å². The molecule has 0 amide bonds. The van der Waals surface area contributed by atoms with Gasteiger partial charge in [-0.3, -0.25) is 4.98 Å². The van der Waals surface area contributed by atoms with Crippen LogP contribution in [0.25, 0.3) is 11.4 Å². The third-order valence-corrected chi connectivity index (χ3v) is 3.17. The Hall–Kier alpha value is -3.03. The molecule has 0 fully saturated rings. The van der Waals surface area contributed by atoms with Gasteiger partial charge < -0.3 is 9.84 Å². The Morgan fingerprint density at radius 3 is 2.91 bits per heavy atom. The maximum atomic E-state index is 11.2. The van der Waals surface area contributed by atoms with E-state index in [1.807, 2.05) is 6.07 Å². The molecule has 3 rings (SSSR count). The molecule has 1 atom stereocenters. The number of azo groups is 1. The summed E-state index contributed by atoms with van der Waals surface area (Å²) in [4.78, 5) is 15.4. The van der Waals surface area contributed by atoms with E-state index in [4.69, 9.17) is 9.84 Å². The zero-order valence-corrected chi connectivity index (χ0v) is 11.7. The second-order valence-electron chi connectivity index (χ2n) is 4.56. The molecule has 1 aliphatic heterocycles. The van der Waals surface area contributed by atoms with Crippen molar-refractivity contribution in [1.29, 1.82) is 0 Å². The van der Waals surface area contributed by atoms with Crippen molar-refractivity contribution in [1.82, 2.24) is 14.8 Å². The summed E-state index contributed by atoms with van der Waals surface area (Å²) in [5.41, 5.74) is 1.15. The van der Waals surface area contributed by atoms with Gasteiger partial charge >= 0.3 is 5.97 Å². The standard InChI is InChI=1S/C14H13N5O3/c1-22-13-6-5-12(16-17-13)19-11(8-10(18-19)14(20)21)9-4-2-3-7-15-9/h2-4,6-8,12H,5H2,1H3,(H,20,21). The van der Waals surface area contributed by atoms with Crippen molar-refractivity contribution in [2.45, 2.75) is 12.6 Å². The highest BCUT2D eigenvalue weighted by Gasteiger charge is 2.22. The van der Waals surface area contributed by atoms with Gasteiger partial charge in [-0.15, -0.1) is 5.11 Å². The zero-order chi connectivity index (χ0) is 15.5. The first-order valence-electron chi connectivity index (χ1n) is 6.58. The number of nitrogens with zero attached hydrogens (tertiary/aromatic N) is 5. The van der Waals surface area contributed by atoms with E-state index in [2.05, 4.69) is 20.3 Å². The summed E-state index contributed by atoms with van der Waals surface area (Å²) in [5, 5.41) is 21.3. The Morgan fingerprint density at radius 1 is 1.45 bits per heavy atom. The molecular weight excluding hydrogens is 286 g/mol. The summed E-state index contributed by atoms with van der Waals surface area (Å²) < 4.78 is 6.52. The largest absolute Gasteiger partial charge is 0.480 e. The van der Waals surface area contributed by atoms with Crippen LogP contribution in [0.5, 0.6) is 0 Å². The van der Waals surface area contributed by atoms with Gasteiger partial charge in [-0.2, -0.15) is 10.2 Å². The van der Waals surface area contributed by atoms with Crippen molar-refractivity contribution in [3.63, 3.8) is 0 Å². The second kappa shape index (κ2) is 5.76. The molecule has 22 heavy (non-hydrogen) atoms. The first kappa shape index (κ1) is 13.9. The van der Waals surface area contributed by atoms with Crippen molar-refractivity contribution in [2.24, 2.45) is 10.2 Å². The molecule has 0 aromatic carbocycles. The van der Waals surface area contributed by atoms with Gasteiger partial charge in [-0.25, -0.2) is 9.48 Å². The van der Waals surface area contributed by atoms with Crippen molar-refractivity contribution in [2.75, 3.05) is 7.11 Å². The van der Waals surface area contributed by atoms with Crippen molar-refractivity contribution >= 4 is 5.97 Å². The Bertz CT molecular complexity index is 751. The van der Waals surface area contributed by atoms with Crippen LogP contribution in [0.4, 0.5) is 0 Å². The fourth-order valence-corrected chi connectivity index (χ4v) is 2.12. The van der Waals surface area contributed by atoms with Crippen LogP contribution in [0, 0.1) is 0 Å². The molecule has 0 radical (unpaired) electrons. The first-order chi connectivity index (χ1) is 10.7. The molecule has 8 nitrogen and oxygen atoms in total. The minimum Gasteiger partial charge on any atom is -0.480 e. The quantitative estimate of drug-likeness (QED) is 0.934. The van der Waals surface area contributed by atoms with Crippen LogP contribution < -0.4 is 0 Å². The number of aromatic carboxylic acids is 1. The summed E-state index contributed by atoms with van der Waals surface area (Å²) in [7, 11) is 1.51. The predicted octanol–water partition coefficient (Wildman–Crippen LogP) is 2.49. The number of methoxy groups -OCH3 is 1. The third-order valence-electron chi connectivity index (χ3n) is 3.17. The molecule has 2 aromatic heterocycles. The SMILES string of the molecule is COC1=CCC(n2nc(C(=O)O)cc2-c2ccccn2)N=N1. The molecule has 1 aliphatic rings. The molecule has 0 bridgehead atoms. The molecule has 112 valence electrons. The van der Waals surface area contributed by atoms with E-state index in [1.165, 1.54) is 17.9 Å². The van der Waals surface area contributed by atoms with Gasteiger partial charge in [0.05, 0.1) is 18.5 Å². The molecule has 0 aliphatic carbocycles. The van der Waals surface area contributed by atoms with E-state index in [1.54, 1.807) is 24.4 Å². The molecule has 8 heteroatoms. The van der Waals surface area contributed by atoms with Gasteiger partial charge in [-0.05, 0) is 18.2 Å². The lowest BCUT2D eigenvalue weighted by Gasteiger charge is -2.16. The van der Waals surface area contributed by atoms with Gasteiger partial charge in [0.2, 0.25) is 5.88 Å². The van der Waals surface area contributed by atoms with Gasteiger partial charge in [0.25, 0.3) is 0 Å². The molecule has 1 unspecified atom stereocenters. The Balaban J connectivity index is 2.02. The Labute approximate surface area is 125 Å². The highest BCUT2D eigenvalue weighted by Crippen LogP contribution is 2.28. The number of ether oxygens (including phenoxy) is 1. The number of hydrogen-bond acceptors (Lipinski definition) is 6. The molecule has 1 N–H and O–H groups in total. The number of pyridine rings is 1. The van der Waals surface area contributed by atoms with Crippen molar-refractivity contribution < 1.29 is 14.6 Å². The summed E-state index contributed by atoms with van der Waals surface area (Å²) in [6, 6.07) is 6.88. The average molecular weight is 299 g/mol. The second-order valence-corrected chi connectivity index (χ2v) is 4.56. The molecule has 0 saturated heterocycles. The third kappa shape index (κ3) is 2.58. The van der Waals surface area contributed by atoms with E-state index in [9.17, 15) is 4.79 Å². The van der Waals surface area contributed by atoms with Crippen molar-refractivity contribution in [3.8, 4) is 11.4 Å². The molecule has 2 aromatic rings. The summed E-state index contributed by atoms with van der Waals surface area (Å²) in [6.07, 6.45) is 3.50. The first-order valence-corrected chi connectivity index (χ1v) is 6.58. The van der Waals surface area contributed by atoms with Crippen LogP contribution in [0.2, 0.25) is 0 Å². The Kier molecular flexibility index (Phi) is 3.65. The Morgan fingerprint density at radius 2 is 2.32 bits per heavy atom. The van der Waals surface area contributed by atoms with Crippen LogP contribution in [0.15, 0.2) is 52.6 Å². The van der Waals surface area contributed by atoms with Crippen LogP contribution in [0.1, 0.15) is 23.1 Å². The predicted molar refractivity (Wildman–Crippen MR) is 76.0 cm³/mol. The van der Waals surface area contributed by atoms with Crippen LogP contribution >= 0.6 is 0 Å². The molecule has 0 spiro atoms. The summed E-state index contributed by atoms with van der Waals surface area (Å²) in [5.74, 6) is -0.668. The fourth-order valence-electron chi connectivity index (χ4n) is 2.12. The topological polar surface area (TPSA) is 102 Å². The normalized spacial score (nSPS) is 17.1. The van der Waals surface area contributed by atoms with E-state index in [-0.39, 0.29) is 5.69 Å². The number of hydrogen-bond donors (Lipinski definition) is 1. The average Bonchev–Trinajstić information content (AvgIpc) is 3.01. The minimum atomic E-state index is -1.10. The molecular formula is C14H13N5O3. The van der Waals surface area contributed by atoms with Crippen molar-refractivity contribution in [3.05, 3.63) is 48.1 Å². The highest BCUT2D eigenvalue weighted by atomic mass is 16.5. The van der Waals surface area contributed by atoms with Crippen LogP contribution in [0.3, 0.4) is 0 Å². The summed E-state index contributed by atoms with van der Waals surface area (Å²) >= 11 is 0. The van der Waals surface area contributed by atoms with Crippen LogP contribution in [-0.4, -0.2) is 33.0 Å². The lowest BCUT2D eigenvalue weighted by Crippen LogP contribution is -2.12. The zero-order valence-electron chi connectivity index (χ0n) is 11.7. The smallest absolute Gasteiger partial charge is 0.356 e. The fraction of sp³-hybridized carbons (Fsp3) is 0.214. The number of carboxylic acid groups (broad SMARTS) is 1. The minimum absolute atomic E-state index is 0.0580. The van der Waals surface area contributed by atoms with E-state index in [0.29, 0.717) is 23.7 Å². The van der Waals surface area contributed by atoms with Gasteiger partial charge in [0.1, 0.15) is 0 Å². The molecule has 3 heterocycles. The molecule has 0 saturated carbocycles. The van der Waals surface area contributed by atoms with Gasteiger partial charge in [0.15, 0.2) is 11.9 Å². The number of carbonyl (C=O) groups is 1. The summed E-state index contributed by atoms with van der Waals surface area (Å²) in [6.45, 7) is 0. The van der Waals surface area contributed by atoms with Gasteiger partial charge in [0, 0.05) is 18.7 Å². The maximum absolute atomic E-state index is 11.2. The monoisotopic (exact) mass is 299 g/mol. The number of rotatable bonds is 4. The lowest BCUT2D eigenvalue weighted by molar-refractivity contribution is 0.0689.